The molecule has 0 aromatic carbocycles. The van der Waals surface area contributed by atoms with E-state index in [4.69, 9.17) is 11.6 Å². The number of carbonyl (C=O) groups excluding carboxylic acids is 1. The van der Waals surface area contributed by atoms with Crippen molar-refractivity contribution in [3.05, 3.63) is 21.3 Å². The molecule has 0 saturated carbocycles. The van der Waals surface area contributed by atoms with Crippen molar-refractivity contribution in [1.82, 2.24) is 10.2 Å². The number of rotatable bonds is 1. The van der Waals surface area contributed by atoms with Crippen LogP contribution < -0.4 is 5.32 Å². The van der Waals surface area contributed by atoms with Crippen molar-refractivity contribution in [1.29, 1.82) is 0 Å². The van der Waals surface area contributed by atoms with E-state index in [1.165, 1.54) is 11.3 Å². The van der Waals surface area contributed by atoms with E-state index in [0.29, 0.717) is 9.90 Å². The van der Waals surface area contributed by atoms with Gasteiger partial charge < -0.3 is 10.2 Å². The lowest BCUT2D eigenvalue weighted by Gasteiger charge is -2.19. The van der Waals surface area contributed by atoms with Gasteiger partial charge in [-0.05, 0) is 24.4 Å². The molecule has 1 aliphatic rings. The Balaban J connectivity index is 2.09. The van der Waals surface area contributed by atoms with Gasteiger partial charge in [0.05, 0.1) is 5.02 Å². The molecule has 2 heterocycles. The van der Waals surface area contributed by atoms with Crippen LogP contribution in [0, 0.1) is 0 Å². The van der Waals surface area contributed by atoms with E-state index >= 15 is 0 Å². The molecule has 1 aromatic heterocycles. The molecule has 1 amide bonds. The average molecular weight is 245 g/mol. The van der Waals surface area contributed by atoms with Gasteiger partial charge >= 0.3 is 0 Å². The van der Waals surface area contributed by atoms with Crippen LogP contribution in [0.15, 0.2) is 11.4 Å². The van der Waals surface area contributed by atoms with E-state index in [1.54, 1.807) is 6.07 Å². The fraction of sp³-hybridized carbons (Fsp3) is 0.500. The fourth-order valence-corrected chi connectivity index (χ4v) is 2.74. The first kappa shape index (κ1) is 10.9. The SMILES string of the molecule is O=C(c1sccc1Cl)N1CCCNCC1. The third-order valence-corrected chi connectivity index (χ3v) is 3.77. The van der Waals surface area contributed by atoms with E-state index in [-0.39, 0.29) is 5.91 Å². The van der Waals surface area contributed by atoms with Crippen molar-refractivity contribution in [2.24, 2.45) is 0 Å². The maximum absolute atomic E-state index is 12.1. The highest BCUT2D eigenvalue weighted by molar-refractivity contribution is 7.12. The van der Waals surface area contributed by atoms with Crippen molar-refractivity contribution >= 4 is 28.8 Å². The molecular formula is C10H13ClN2OS. The first-order valence-electron chi connectivity index (χ1n) is 5.02. The molecule has 0 unspecified atom stereocenters. The molecule has 0 aliphatic carbocycles. The van der Waals surface area contributed by atoms with Crippen LogP contribution in [0.3, 0.4) is 0 Å². The Morgan fingerprint density at radius 1 is 1.47 bits per heavy atom. The maximum Gasteiger partial charge on any atom is 0.265 e. The topological polar surface area (TPSA) is 32.3 Å². The Bertz CT molecular complexity index is 345. The Kier molecular flexibility index (Phi) is 3.61. The summed E-state index contributed by atoms with van der Waals surface area (Å²) >= 11 is 7.36. The molecular weight excluding hydrogens is 232 g/mol. The van der Waals surface area contributed by atoms with Crippen LogP contribution >= 0.6 is 22.9 Å². The second-order valence-electron chi connectivity index (χ2n) is 3.49. The molecule has 1 saturated heterocycles. The van der Waals surface area contributed by atoms with Gasteiger partial charge in [-0.3, -0.25) is 4.79 Å². The third-order valence-electron chi connectivity index (χ3n) is 2.44. The highest BCUT2D eigenvalue weighted by atomic mass is 35.5. The van der Waals surface area contributed by atoms with Gasteiger partial charge in [-0.2, -0.15) is 0 Å². The van der Waals surface area contributed by atoms with Gasteiger partial charge in [0, 0.05) is 19.6 Å². The molecule has 0 atom stereocenters. The molecule has 1 aliphatic heterocycles. The molecule has 3 nitrogen and oxygen atoms in total. The number of carbonyl (C=O) groups is 1. The predicted molar refractivity (Wildman–Crippen MR) is 62.7 cm³/mol. The molecule has 0 bridgehead atoms. The second kappa shape index (κ2) is 4.96. The molecule has 0 radical (unpaired) electrons. The summed E-state index contributed by atoms with van der Waals surface area (Å²) in [6.07, 6.45) is 1.01. The first-order chi connectivity index (χ1) is 7.29. The number of hydrogen-bond acceptors (Lipinski definition) is 3. The van der Waals surface area contributed by atoms with Crippen LogP contribution in [0.1, 0.15) is 16.1 Å². The van der Waals surface area contributed by atoms with Gasteiger partial charge in [0.1, 0.15) is 4.88 Å². The molecule has 82 valence electrons. The van der Waals surface area contributed by atoms with Crippen LogP contribution in [-0.2, 0) is 0 Å². The predicted octanol–water partition coefficient (Wildman–Crippen LogP) is 1.84. The minimum Gasteiger partial charge on any atom is -0.337 e. The van der Waals surface area contributed by atoms with E-state index in [1.807, 2.05) is 10.3 Å². The summed E-state index contributed by atoms with van der Waals surface area (Å²) in [5.74, 6) is 0.0682. The number of amides is 1. The van der Waals surface area contributed by atoms with Gasteiger partial charge in [-0.25, -0.2) is 0 Å². The molecule has 1 N–H and O–H groups in total. The van der Waals surface area contributed by atoms with E-state index < -0.39 is 0 Å². The zero-order valence-electron chi connectivity index (χ0n) is 8.33. The fourth-order valence-electron chi connectivity index (χ4n) is 1.64. The molecule has 0 spiro atoms. The summed E-state index contributed by atoms with van der Waals surface area (Å²) in [5, 5.41) is 5.69. The number of halogens is 1. The van der Waals surface area contributed by atoms with Crippen LogP contribution in [0.25, 0.3) is 0 Å². The van der Waals surface area contributed by atoms with E-state index in [2.05, 4.69) is 5.32 Å². The van der Waals surface area contributed by atoms with E-state index in [9.17, 15) is 4.79 Å². The number of nitrogens with one attached hydrogen (secondary N) is 1. The van der Waals surface area contributed by atoms with Gasteiger partial charge in [0.15, 0.2) is 0 Å². The molecule has 2 rings (SSSR count). The third kappa shape index (κ3) is 2.51. The van der Waals surface area contributed by atoms with Crippen LogP contribution in [-0.4, -0.2) is 37.0 Å². The minimum absolute atomic E-state index is 0.0682. The first-order valence-corrected chi connectivity index (χ1v) is 6.28. The summed E-state index contributed by atoms with van der Waals surface area (Å²) < 4.78 is 0. The van der Waals surface area contributed by atoms with Crippen molar-refractivity contribution in [3.8, 4) is 0 Å². The van der Waals surface area contributed by atoms with Crippen molar-refractivity contribution < 1.29 is 4.79 Å². The number of hydrogen-bond donors (Lipinski definition) is 1. The van der Waals surface area contributed by atoms with Gasteiger partial charge in [-0.1, -0.05) is 11.6 Å². The molecule has 1 fully saturated rings. The smallest absolute Gasteiger partial charge is 0.265 e. The molecule has 1 aromatic rings. The zero-order valence-corrected chi connectivity index (χ0v) is 9.90. The number of nitrogens with zero attached hydrogens (tertiary/aromatic N) is 1. The summed E-state index contributed by atoms with van der Waals surface area (Å²) in [7, 11) is 0. The monoisotopic (exact) mass is 244 g/mol. The lowest BCUT2D eigenvalue weighted by atomic mass is 10.3. The summed E-state index contributed by atoms with van der Waals surface area (Å²) in [5.41, 5.74) is 0. The quantitative estimate of drug-likeness (QED) is 0.818. The van der Waals surface area contributed by atoms with Crippen LogP contribution in [0.4, 0.5) is 0 Å². The zero-order chi connectivity index (χ0) is 10.7. The normalized spacial score (nSPS) is 17.5. The molecule has 15 heavy (non-hydrogen) atoms. The Morgan fingerprint density at radius 3 is 3.07 bits per heavy atom. The highest BCUT2D eigenvalue weighted by Gasteiger charge is 2.20. The van der Waals surface area contributed by atoms with Crippen molar-refractivity contribution in [2.45, 2.75) is 6.42 Å². The number of thiophene rings is 1. The van der Waals surface area contributed by atoms with Crippen LogP contribution in [0.2, 0.25) is 5.02 Å². The Morgan fingerprint density at radius 2 is 2.33 bits per heavy atom. The van der Waals surface area contributed by atoms with Gasteiger partial charge in [0.2, 0.25) is 0 Å². The highest BCUT2D eigenvalue weighted by Crippen LogP contribution is 2.23. The second-order valence-corrected chi connectivity index (χ2v) is 4.82. The lowest BCUT2D eigenvalue weighted by molar-refractivity contribution is 0.0771. The van der Waals surface area contributed by atoms with Gasteiger partial charge in [0.25, 0.3) is 5.91 Å². The Hall–Kier alpha value is -0.580. The van der Waals surface area contributed by atoms with Crippen molar-refractivity contribution in [2.75, 3.05) is 26.2 Å². The summed E-state index contributed by atoms with van der Waals surface area (Å²) in [4.78, 5) is 14.6. The van der Waals surface area contributed by atoms with Crippen molar-refractivity contribution in [3.63, 3.8) is 0 Å². The van der Waals surface area contributed by atoms with Gasteiger partial charge in [-0.15, -0.1) is 11.3 Å². The molecule has 5 heteroatoms. The standard InChI is InChI=1S/C10H13ClN2OS/c11-8-2-7-15-9(8)10(14)13-5-1-3-12-4-6-13/h2,7,12H,1,3-6H2. The average Bonchev–Trinajstić information content (AvgIpc) is 2.53. The largest absolute Gasteiger partial charge is 0.337 e. The van der Waals surface area contributed by atoms with E-state index in [0.717, 1.165) is 32.6 Å². The lowest BCUT2D eigenvalue weighted by Crippen LogP contribution is -2.33. The summed E-state index contributed by atoms with van der Waals surface area (Å²) in [6.45, 7) is 3.45. The van der Waals surface area contributed by atoms with Crippen LogP contribution in [0.5, 0.6) is 0 Å². The maximum atomic E-state index is 12.1. The summed E-state index contributed by atoms with van der Waals surface area (Å²) in [6, 6.07) is 1.77. The minimum atomic E-state index is 0.0682. The Labute approximate surface area is 98.0 Å².